The summed E-state index contributed by atoms with van der Waals surface area (Å²) in [5.74, 6) is 0.440. The van der Waals surface area contributed by atoms with Gasteiger partial charge in [0.05, 0.1) is 0 Å². The quantitative estimate of drug-likeness (QED) is 0.743. The zero-order valence-electron chi connectivity index (χ0n) is 13.1. The molecule has 1 aliphatic rings. The first kappa shape index (κ1) is 14.2. The van der Waals surface area contributed by atoms with Crippen molar-refractivity contribution in [3.05, 3.63) is 108 Å². The van der Waals surface area contributed by atoms with Crippen LogP contribution in [0.4, 0.5) is 0 Å². The zero-order valence-corrected chi connectivity index (χ0v) is 13.1. The van der Waals surface area contributed by atoms with Crippen molar-refractivity contribution >= 4 is 0 Å². The van der Waals surface area contributed by atoms with Crippen molar-refractivity contribution in [3.8, 4) is 0 Å². The van der Waals surface area contributed by atoms with Gasteiger partial charge in [0.2, 0.25) is 0 Å². The van der Waals surface area contributed by atoms with Crippen LogP contribution < -0.4 is 5.73 Å². The number of rotatable bonds is 4. The molecule has 3 aromatic rings. The van der Waals surface area contributed by atoms with Gasteiger partial charge in [-0.15, -0.1) is 0 Å². The zero-order chi connectivity index (χ0) is 15.7. The second-order valence-corrected chi connectivity index (χ2v) is 6.45. The SMILES string of the molecule is NC(c1ccccc1)C1CC1(c1ccccc1)c1ccccc1. The highest BCUT2D eigenvalue weighted by atomic mass is 14.8. The maximum atomic E-state index is 6.65. The van der Waals surface area contributed by atoms with Gasteiger partial charge in [-0.05, 0) is 29.0 Å². The second kappa shape index (κ2) is 5.68. The third kappa shape index (κ3) is 2.38. The van der Waals surface area contributed by atoms with E-state index in [1.54, 1.807) is 0 Å². The van der Waals surface area contributed by atoms with Gasteiger partial charge in [-0.2, -0.15) is 0 Å². The van der Waals surface area contributed by atoms with E-state index in [0.717, 1.165) is 6.42 Å². The Morgan fingerprint density at radius 3 is 1.61 bits per heavy atom. The topological polar surface area (TPSA) is 26.0 Å². The van der Waals surface area contributed by atoms with E-state index in [4.69, 9.17) is 5.73 Å². The lowest BCUT2D eigenvalue weighted by Crippen LogP contribution is -2.21. The van der Waals surface area contributed by atoms with Crippen molar-refractivity contribution in [2.24, 2.45) is 11.7 Å². The average molecular weight is 299 g/mol. The predicted molar refractivity (Wildman–Crippen MR) is 95.1 cm³/mol. The lowest BCUT2D eigenvalue weighted by Gasteiger charge is -2.22. The molecule has 0 heterocycles. The maximum Gasteiger partial charge on any atom is 0.0335 e. The summed E-state index contributed by atoms with van der Waals surface area (Å²) >= 11 is 0. The van der Waals surface area contributed by atoms with E-state index in [1.165, 1.54) is 16.7 Å². The molecular weight excluding hydrogens is 278 g/mol. The van der Waals surface area contributed by atoms with Crippen LogP contribution in [-0.4, -0.2) is 0 Å². The van der Waals surface area contributed by atoms with Crippen LogP contribution in [0.1, 0.15) is 29.2 Å². The molecule has 1 saturated carbocycles. The summed E-state index contributed by atoms with van der Waals surface area (Å²) < 4.78 is 0. The average Bonchev–Trinajstić information content (AvgIpc) is 3.40. The Morgan fingerprint density at radius 2 is 1.13 bits per heavy atom. The van der Waals surface area contributed by atoms with Crippen LogP contribution in [0, 0.1) is 5.92 Å². The highest BCUT2D eigenvalue weighted by Crippen LogP contribution is 2.62. The molecule has 0 spiro atoms. The minimum absolute atomic E-state index is 0.0534. The molecule has 0 amide bonds. The summed E-state index contributed by atoms with van der Waals surface area (Å²) in [6.07, 6.45) is 1.11. The Bertz CT molecular complexity index is 725. The molecule has 114 valence electrons. The fraction of sp³-hybridized carbons (Fsp3) is 0.182. The van der Waals surface area contributed by atoms with Crippen molar-refractivity contribution in [1.29, 1.82) is 0 Å². The molecule has 0 bridgehead atoms. The van der Waals surface area contributed by atoms with Crippen LogP contribution in [-0.2, 0) is 5.41 Å². The summed E-state index contributed by atoms with van der Waals surface area (Å²) in [4.78, 5) is 0. The Labute approximate surface area is 137 Å². The Morgan fingerprint density at radius 1 is 0.696 bits per heavy atom. The van der Waals surface area contributed by atoms with Crippen LogP contribution in [0.3, 0.4) is 0 Å². The number of hydrogen-bond donors (Lipinski definition) is 1. The van der Waals surface area contributed by atoms with Gasteiger partial charge in [0.25, 0.3) is 0 Å². The molecular formula is C22H21N. The van der Waals surface area contributed by atoms with Crippen molar-refractivity contribution in [2.75, 3.05) is 0 Å². The summed E-state index contributed by atoms with van der Waals surface area (Å²) in [5.41, 5.74) is 10.7. The molecule has 2 atom stereocenters. The smallest absolute Gasteiger partial charge is 0.0335 e. The fourth-order valence-corrected chi connectivity index (χ4v) is 3.93. The first-order chi connectivity index (χ1) is 11.3. The van der Waals surface area contributed by atoms with E-state index in [0.29, 0.717) is 5.92 Å². The van der Waals surface area contributed by atoms with E-state index in [9.17, 15) is 0 Å². The summed E-state index contributed by atoms with van der Waals surface area (Å²) in [5, 5.41) is 0. The molecule has 1 heteroatoms. The van der Waals surface area contributed by atoms with Crippen LogP contribution in [0.2, 0.25) is 0 Å². The highest BCUT2D eigenvalue weighted by molar-refractivity contribution is 5.48. The molecule has 0 radical (unpaired) electrons. The molecule has 2 unspecified atom stereocenters. The number of nitrogens with two attached hydrogens (primary N) is 1. The number of benzene rings is 3. The van der Waals surface area contributed by atoms with Crippen molar-refractivity contribution in [3.63, 3.8) is 0 Å². The van der Waals surface area contributed by atoms with Gasteiger partial charge >= 0.3 is 0 Å². The highest BCUT2D eigenvalue weighted by Gasteiger charge is 2.58. The maximum absolute atomic E-state index is 6.65. The van der Waals surface area contributed by atoms with E-state index in [1.807, 2.05) is 6.07 Å². The lowest BCUT2D eigenvalue weighted by molar-refractivity contribution is 0.570. The largest absolute Gasteiger partial charge is 0.324 e. The molecule has 1 aliphatic carbocycles. The van der Waals surface area contributed by atoms with Crippen LogP contribution in [0.15, 0.2) is 91.0 Å². The van der Waals surface area contributed by atoms with Crippen LogP contribution in [0.25, 0.3) is 0 Å². The van der Waals surface area contributed by atoms with Gasteiger partial charge in [-0.1, -0.05) is 91.0 Å². The van der Waals surface area contributed by atoms with Gasteiger partial charge in [0.15, 0.2) is 0 Å². The molecule has 2 N–H and O–H groups in total. The molecule has 0 saturated heterocycles. The third-order valence-electron chi connectivity index (χ3n) is 5.21. The van der Waals surface area contributed by atoms with Gasteiger partial charge in [0.1, 0.15) is 0 Å². The van der Waals surface area contributed by atoms with Gasteiger partial charge in [0, 0.05) is 11.5 Å². The van der Waals surface area contributed by atoms with E-state index in [2.05, 4.69) is 84.9 Å². The molecule has 1 nitrogen and oxygen atoms in total. The predicted octanol–water partition coefficient (Wildman–Crippen LogP) is 4.69. The Balaban J connectivity index is 1.76. The van der Waals surface area contributed by atoms with Crippen molar-refractivity contribution in [1.82, 2.24) is 0 Å². The number of hydrogen-bond acceptors (Lipinski definition) is 1. The van der Waals surface area contributed by atoms with Crippen LogP contribution in [0.5, 0.6) is 0 Å². The van der Waals surface area contributed by atoms with Gasteiger partial charge in [-0.25, -0.2) is 0 Å². The first-order valence-corrected chi connectivity index (χ1v) is 8.24. The van der Waals surface area contributed by atoms with Crippen molar-refractivity contribution in [2.45, 2.75) is 17.9 Å². The third-order valence-corrected chi connectivity index (χ3v) is 5.21. The summed E-state index contributed by atoms with van der Waals surface area (Å²) in [6, 6.07) is 32.2. The normalized spacial score (nSPS) is 20.0. The minimum atomic E-state index is 0.0534. The molecule has 0 aliphatic heterocycles. The Hall–Kier alpha value is -2.38. The molecule has 0 aromatic heterocycles. The lowest BCUT2D eigenvalue weighted by atomic mass is 9.83. The minimum Gasteiger partial charge on any atom is -0.324 e. The molecule has 3 aromatic carbocycles. The van der Waals surface area contributed by atoms with Gasteiger partial charge in [-0.3, -0.25) is 0 Å². The Kier molecular flexibility index (Phi) is 3.51. The fourth-order valence-electron chi connectivity index (χ4n) is 3.93. The molecule has 1 fully saturated rings. The monoisotopic (exact) mass is 299 g/mol. The van der Waals surface area contributed by atoms with E-state index in [-0.39, 0.29) is 11.5 Å². The molecule has 23 heavy (non-hydrogen) atoms. The summed E-state index contributed by atoms with van der Waals surface area (Å²) in [7, 11) is 0. The van der Waals surface area contributed by atoms with E-state index < -0.39 is 0 Å². The first-order valence-electron chi connectivity index (χ1n) is 8.24. The second-order valence-electron chi connectivity index (χ2n) is 6.45. The molecule has 4 rings (SSSR count). The van der Waals surface area contributed by atoms with Gasteiger partial charge < -0.3 is 5.73 Å². The summed E-state index contributed by atoms with van der Waals surface area (Å²) in [6.45, 7) is 0. The van der Waals surface area contributed by atoms with Crippen LogP contribution >= 0.6 is 0 Å². The standard InChI is InChI=1S/C22H21N/c23-21(17-10-4-1-5-11-17)20-16-22(20,18-12-6-2-7-13-18)19-14-8-3-9-15-19/h1-15,20-21H,16,23H2. The van der Waals surface area contributed by atoms with E-state index >= 15 is 0 Å². The van der Waals surface area contributed by atoms with Crippen molar-refractivity contribution < 1.29 is 0 Å².